The Labute approximate surface area is 124 Å². The Hall–Kier alpha value is -0.0700. The van der Waals surface area contributed by atoms with Crippen LogP contribution >= 0.6 is 0 Å². The lowest BCUT2D eigenvalue weighted by Gasteiger charge is -2.49. The molecule has 0 amide bonds. The van der Waals surface area contributed by atoms with Gasteiger partial charge in [-0.1, -0.05) is 57.8 Å². The van der Waals surface area contributed by atoms with Crippen LogP contribution < -0.4 is 0 Å². The van der Waals surface area contributed by atoms with Gasteiger partial charge in [-0.15, -0.1) is 0 Å². The van der Waals surface area contributed by atoms with Crippen molar-refractivity contribution in [3.05, 3.63) is 0 Å². The molecule has 0 aromatic heterocycles. The molecular weight excluding hydrogens is 247 g/mol. The molecule has 0 bridgehead atoms. The van der Waals surface area contributed by atoms with E-state index in [9.17, 15) is 0 Å². The Morgan fingerprint density at radius 3 is 0.950 bits per heavy atom. The Bertz CT molecular complexity index is 235. The molecule has 0 heterocycles. The summed E-state index contributed by atoms with van der Waals surface area (Å²) < 4.78 is 16.4. The summed E-state index contributed by atoms with van der Waals surface area (Å²) in [5, 5.41) is 0. The molecule has 0 nitrogen and oxygen atoms in total. The van der Waals surface area contributed by atoms with Crippen LogP contribution in [0.3, 0.4) is 0 Å². The third-order valence-corrected chi connectivity index (χ3v) is 6.69. The average Bonchev–Trinajstić information content (AvgIpc) is 2.56. The lowest BCUT2D eigenvalue weighted by atomic mass is 9.60. The van der Waals surface area contributed by atoms with Gasteiger partial charge in [-0.3, -0.25) is 0 Å². The molecule has 0 radical (unpaired) electrons. The summed E-state index contributed by atoms with van der Waals surface area (Å²) in [6.45, 7) is 0. The van der Waals surface area contributed by atoms with Gasteiger partial charge in [0.25, 0.3) is 0 Å². The number of hydrogen-bond acceptors (Lipinski definition) is 0. The normalized spacial score (nSPS) is 28.6. The van der Waals surface area contributed by atoms with Gasteiger partial charge in [0.05, 0.1) is 0 Å². The van der Waals surface area contributed by atoms with E-state index in [2.05, 4.69) is 0 Å². The van der Waals surface area contributed by atoms with Crippen molar-refractivity contribution in [1.82, 2.24) is 0 Å². The molecule has 0 atom stereocenters. The van der Waals surface area contributed by atoms with Crippen LogP contribution in [0.15, 0.2) is 0 Å². The smallest absolute Gasteiger partial charge is 0.119 e. The van der Waals surface area contributed by atoms with Crippen LogP contribution in [0.5, 0.6) is 0 Å². The quantitative estimate of drug-likeness (QED) is 0.558. The number of hydrogen-bond donors (Lipinski definition) is 0. The fourth-order valence-electron chi connectivity index (χ4n) is 5.64. The second-order valence-electron chi connectivity index (χ2n) is 7.83. The second-order valence-corrected chi connectivity index (χ2v) is 7.83. The van der Waals surface area contributed by atoms with Crippen molar-refractivity contribution in [3.8, 4) is 0 Å². The molecule has 20 heavy (non-hydrogen) atoms. The highest BCUT2D eigenvalue weighted by molar-refractivity contribution is 5.00. The van der Waals surface area contributed by atoms with Gasteiger partial charge in [-0.25, -0.2) is 4.39 Å². The van der Waals surface area contributed by atoms with Crippen molar-refractivity contribution < 1.29 is 4.39 Å². The Morgan fingerprint density at radius 1 is 0.450 bits per heavy atom. The van der Waals surface area contributed by atoms with Crippen LogP contribution in [0.1, 0.15) is 96.3 Å². The maximum Gasteiger partial charge on any atom is 0.119 e. The van der Waals surface area contributed by atoms with Gasteiger partial charge in [-0.05, 0) is 56.3 Å². The minimum atomic E-state index is -0.790. The summed E-state index contributed by atoms with van der Waals surface area (Å²) in [7, 11) is 0. The number of rotatable bonds is 3. The molecule has 116 valence electrons. The van der Waals surface area contributed by atoms with Gasteiger partial charge in [0.2, 0.25) is 0 Å². The maximum absolute atomic E-state index is 16.4. The molecule has 0 spiro atoms. The lowest BCUT2D eigenvalue weighted by Crippen LogP contribution is -2.49. The van der Waals surface area contributed by atoms with Gasteiger partial charge in [0, 0.05) is 0 Å². The van der Waals surface area contributed by atoms with Crippen LogP contribution in [0, 0.1) is 17.8 Å². The molecule has 3 aliphatic carbocycles. The first-order valence-corrected chi connectivity index (χ1v) is 9.50. The molecule has 3 rings (SSSR count). The van der Waals surface area contributed by atoms with Crippen LogP contribution in [0.2, 0.25) is 0 Å². The third-order valence-electron chi connectivity index (χ3n) is 6.69. The van der Waals surface area contributed by atoms with Crippen LogP contribution in [0.4, 0.5) is 4.39 Å². The SMILES string of the molecule is FC(C1CCCCC1)(C1CCCCC1)C1CCCCC1. The highest BCUT2D eigenvalue weighted by atomic mass is 19.1. The van der Waals surface area contributed by atoms with Gasteiger partial charge in [0.1, 0.15) is 5.67 Å². The van der Waals surface area contributed by atoms with E-state index >= 15 is 4.39 Å². The van der Waals surface area contributed by atoms with E-state index in [0.717, 1.165) is 0 Å². The van der Waals surface area contributed by atoms with Crippen molar-refractivity contribution in [2.45, 2.75) is 102 Å². The van der Waals surface area contributed by atoms with Crippen LogP contribution in [-0.2, 0) is 0 Å². The lowest BCUT2D eigenvalue weighted by molar-refractivity contribution is -0.0771. The first-order chi connectivity index (χ1) is 9.82. The molecule has 0 saturated heterocycles. The number of halogens is 1. The van der Waals surface area contributed by atoms with E-state index in [1.165, 1.54) is 96.3 Å². The minimum absolute atomic E-state index is 0.405. The monoisotopic (exact) mass is 280 g/mol. The van der Waals surface area contributed by atoms with Crippen LogP contribution in [-0.4, -0.2) is 5.67 Å². The average molecular weight is 280 g/mol. The predicted octanol–water partition coefficient (Wildman–Crippen LogP) is 6.44. The molecule has 0 aliphatic heterocycles. The highest BCUT2D eigenvalue weighted by Crippen LogP contribution is 2.52. The van der Waals surface area contributed by atoms with Gasteiger partial charge in [0.15, 0.2) is 0 Å². The first-order valence-electron chi connectivity index (χ1n) is 9.50. The Kier molecular flexibility index (Phi) is 5.04. The van der Waals surface area contributed by atoms with Gasteiger partial charge < -0.3 is 0 Å². The van der Waals surface area contributed by atoms with Crippen molar-refractivity contribution in [2.24, 2.45) is 17.8 Å². The standard InChI is InChI=1S/C19H33F/c20-19(16-10-4-1-5-11-16,17-12-6-2-7-13-17)18-14-8-3-9-15-18/h16-18H,1-15H2. The fraction of sp³-hybridized carbons (Fsp3) is 1.00. The predicted molar refractivity (Wildman–Crippen MR) is 83.6 cm³/mol. The molecule has 0 aromatic rings. The zero-order chi connectivity index (χ0) is 13.8. The largest absolute Gasteiger partial charge is 0.243 e. The van der Waals surface area contributed by atoms with E-state index < -0.39 is 5.67 Å². The molecule has 3 aliphatic rings. The fourth-order valence-corrected chi connectivity index (χ4v) is 5.64. The number of alkyl halides is 1. The summed E-state index contributed by atoms with van der Waals surface area (Å²) >= 11 is 0. The third kappa shape index (κ3) is 2.92. The molecule has 0 unspecified atom stereocenters. The molecule has 1 heteroatoms. The molecule has 0 aromatic carbocycles. The van der Waals surface area contributed by atoms with Crippen molar-refractivity contribution in [3.63, 3.8) is 0 Å². The van der Waals surface area contributed by atoms with E-state index in [0.29, 0.717) is 17.8 Å². The van der Waals surface area contributed by atoms with Gasteiger partial charge in [-0.2, -0.15) is 0 Å². The first kappa shape index (κ1) is 14.9. The van der Waals surface area contributed by atoms with Gasteiger partial charge >= 0.3 is 0 Å². The molecule has 3 fully saturated rings. The van der Waals surface area contributed by atoms with Crippen LogP contribution in [0.25, 0.3) is 0 Å². The molecular formula is C19H33F. The van der Waals surface area contributed by atoms with E-state index in [4.69, 9.17) is 0 Å². The van der Waals surface area contributed by atoms with Crippen molar-refractivity contribution in [1.29, 1.82) is 0 Å². The maximum atomic E-state index is 16.4. The summed E-state index contributed by atoms with van der Waals surface area (Å²) in [6, 6.07) is 0. The molecule has 3 saturated carbocycles. The zero-order valence-corrected chi connectivity index (χ0v) is 13.2. The summed E-state index contributed by atoms with van der Waals surface area (Å²) in [5.74, 6) is 1.22. The zero-order valence-electron chi connectivity index (χ0n) is 13.2. The topological polar surface area (TPSA) is 0 Å². The van der Waals surface area contributed by atoms with E-state index in [-0.39, 0.29) is 0 Å². The second kappa shape index (κ2) is 6.79. The summed E-state index contributed by atoms with van der Waals surface area (Å²) in [4.78, 5) is 0. The minimum Gasteiger partial charge on any atom is -0.243 e. The Balaban J connectivity index is 1.79. The van der Waals surface area contributed by atoms with Crippen molar-refractivity contribution in [2.75, 3.05) is 0 Å². The van der Waals surface area contributed by atoms with E-state index in [1.807, 2.05) is 0 Å². The highest BCUT2D eigenvalue weighted by Gasteiger charge is 2.51. The van der Waals surface area contributed by atoms with Crippen molar-refractivity contribution >= 4 is 0 Å². The summed E-state index contributed by atoms with van der Waals surface area (Å²) in [6.07, 6.45) is 18.9. The Morgan fingerprint density at radius 2 is 0.700 bits per heavy atom. The summed E-state index contributed by atoms with van der Waals surface area (Å²) in [5.41, 5.74) is -0.790. The molecule has 0 N–H and O–H groups in total. The van der Waals surface area contributed by atoms with E-state index in [1.54, 1.807) is 0 Å².